The number of nitrogens with zero attached hydrogens (tertiary/aromatic N) is 4. The van der Waals surface area contributed by atoms with Crippen LogP contribution < -0.4 is 11.5 Å². The molecular formula is C10H14N6O3P+. The van der Waals surface area contributed by atoms with Gasteiger partial charge in [-0.25, -0.2) is 4.98 Å². The van der Waals surface area contributed by atoms with Crippen molar-refractivity contribution < 1.29 is 13.6 Å². The first kappa shape index (κ1) is 14.3. The molecule has 0 aliphatic heterocycles. The molecule has 1 unspecified atom stereocenters. The van der Waals surface area contributed by atoms with Crippen LogP contribution in [0, 0.1) is 0 Å². The maximum absolute atomic E-state index is 11.0. The minimum Gasteiger partial charge on any atom is -0.382 e. The minimum absolute atomic E-state index is 0.0704. The van der Waals surface area contributed by atoms with E-state index in [1.165, 1.54) is 7.11 Å². The molecule has 10 heteroatoms. The first-order chi connectivity index (χ1) is 9.51. The Morgan fingerprint density at radius 3 is 2.95 bits per heavy atom. The molecule has 0 spiro atoms. The fraction of sp³-hybridized carbons (Fsp3) is 0.300. The molecule has 0 bridgehead atoms. The fourth-order valence-corrected chi connectivity index (χ4v) is 1.98. The van der Waals surface area contributed by atoms with E-state index in [-0.39, 0.29) is 18.4 Å². The molecule has 2 aromatic rings. The molecule has 0 aliphatic carbocycles. The van der Waals surface area contributed by atoms with Gasteiger partial charge in [-0.1, -0.05) is 6.58 Å². The van der Waals surface area contributed by atoms with Crippen molar-refractivity contribution in [3.63, 3.8) is 0 Å². The van der Waals surface area contributed by atoms with Gasteiger partial charge in [0.2, 0.25) is 5.95 Å². The molecule has 0 saturated heterocycles. The summed E-state index contributed by atoms with van der Waals surface area (Å²) in [7, 11) is -0.821. The van der Waals surface area contributed by atoms with E-state index in [4.69, 9.17) is 16.0 Å². The van der Waals surface area contributed by atoms with Crippen LogP contribution >= 0.6 is 8.25 Å². The molecule has 2 rings (SSSR count). The zero-order valence-electron chi connectivity index (χ0n) is 10.8. The Hall–Kier alpha value is -2.09. The standard InChI is InChI=1S/C10H14N6O3P/c1-6(4-19-20(17)18-2)3-16-5-13-7-8(11)14-10(12)15-9(7)16/h5H,1,3-4H2,2H3,(H4,11,12,14,15)/q+1. The normalized spacial score (nSPS) is 11.8. The summed E-state index contributed by atoms with van der Waals surface area (Å²) in [4.78, 5) is 12.0. The zero-order chi connectivity index (χ0) is 14.7. The monoisotopic (exact) mass is 297 g/mol. The third-order valence-corrected chi connectivity index (χ3v) is 3.06. The first-order valence-electron chi connectivity index (χ1n) is 5.56. The maximum Gasteiger partial charge on any atom is 0.697 e. The maximum atomic E-state index is 11.0. The van der Waals surface area contributed by atoms with Gasteiger partial charge in [0.25, 0.3) is 0 Å². The molecule has 0 aliphatic rings. The lowest BCUT2D eigenvalue weighted by molar-refractivity contribution is 0.272. The van der Waals surface area contributed by atoms with E-state index in [0.717, 1.165) is 0 Å². The summed E-state index contributed by atoms with van der Waals surface area (Å²) < 4.78 is 22.2. The number of anilines is 2. The van der Waals surface area contributed by atoms with Gasteiger partial charge in [-0.15, -0.1) is 9.05 Å². The Morgan fingerprint density at radius 1 is 1.50 bits per heavy atom. The van der Waals surface area contributed by atoms with Gasteiger partial charge in [-0.05, 0) is 5.57 Å². The van der Waals surface area contributed by atoms with Gasteiger partial charge in [0, 0.05) is 11.1 Å². The Labute approximate surface area is 115 Å². The fourth-order valence-electron chi connectivity index (χ4n) is 1.58. The molecule has 2 aromatic heterocycles. The zero-order valence-corrected chi connectivity index (χ0v) is 11.7. The van der Waals surface area contributed by atoms with E-state index >= 15 is 0 Å². The average molecular weight is 297 g/mol. The van der Waals surface area contributed by atoms with E-state index in [1.807, 2.05) is 0 Å². The minimum atomic E-state index is -2.12. The van der Waals surface area contributed by atoms with Gasteiger partial charge < -0.3 is 16.0 Å². The Balaban J connectivity index is 2.14. The highest BCUT2D eigenvalue weighted by atomic mass is 31.1. The van der Waals surface area contributed by atoms with E-state index in [2.05, 4.69) is 26.1 Å². The number of aromatic nitrogens is 4. The summed E-state index contributed by atoms with van der Waals surface area (Å²) in [5.74, 6) is 0.289. The second-order valence-corrected chi connectivity index (χ2v) is 5.01. The van der Waals surface area contributed by atoms with E-state index in [9.17, 15) is 4.57 Å². The van der Waals surface area contributed by atoms with Crippen LogP contribution in [0.4, 0.5) is 11.8 Å². The SMILES string of the molecule is C=C(CO[P+](=O)OC)Cn1cnc2c(N)nc(N)nc21. The quantitative estimate of drug-likeness (QED) is 0.593. The number of hydrogen-bond acceptors (Lipinski definition) is 8. The van der Waals surface area contributed by atoms with Gasteiger partial charge in [0.1, 0.15) is 12.1 Å². The highest BCUT2D eigenvalue weighted by molar-refractivity contribution is 7.33. The molecule has 0 radical (unpaired) electrons. The summed E-state index contributed by atoms with van der Waals surface area (Å²) in [6.45, 7) is 4.29. The van der Waals surface area contributed by atoms with Crippen molar-refractivity contribution in [1.82, 2.24) is 19.5 Å². The van der Waals surface area contributed by atoms with Crippen molar-refractivity contribution in [2.75, 3.05) is 25.2 Å². The van der Waals surface area contributed by atoms with Crippen LogP contribution in [0.1, 0.15) is 0 Å². The lowest BCUT2D eigenvalue weighted by Crippen LogP contribution is -2.06. The van der Waals surface area contributed by atoms with Crippen LogP contribution in [0.5, 0.6) is 0 Å². The molecule has 2 heterocycles. The lowest BCUT2D eigenvalue weighted by Gasteiger charge is -2.05. The van der Waals surface area contributed by atoms with Crippen molar-refractivity contribution >= 4 is 31.2 Å². The van der Waals surface area contributed by atoms with E-state index in [1.54, 1.807) is 10.9 Å². The van der Waals surface area contributed by atoms with Gasteiger partial charge in [-0.2, -0.15) is 9.97 Å². The molecular weight excluding hydrogens is 283 g/mol. The highest BCUT2D eigenvalue weighted by Crippen LogP contribution is 2.23. The van der Waals surface area contributed by atoms with Crippen molar-refractivity contribution in [2.45, 2.75) is 6.54 Å². The summed E-state index contributed by atoms with van der Waals surface area (Å²) in [5.41, 5.74) is 12.9. The van der Waals surface area contributed by atoms with Crippen molar-refractivity contribution in [2.24, 2.45) is 0 Å². The predicted molar refractivity (Wildman–Crippen MR) is 73.9 cm³/mol. The highest BCUT2D eigenvalue weighted by Gasteiger charge is 2.18. The summed E-state index contributed by atoms with van der Waals surface area (Å²) in [6.07, 6.45) is 1.55. The Kier molecular flexibility index (Phi) is 4.23. The molecule has 106 valence electrons. The van der Waals surface area contributed by atoms with Gasteiger partial charge in [0.15, 0.2) is 11.5 Å². The number of nitrogen functional groups attached to an aromatic ring is 2. The number of imidazole rings is 1. The van der Waals surface area contributed by atoms with Crippen LogP contribution in [0.3, 0.4) is 0 Å². The summed E-state index contributed by atoms with van der Waals surface area (Å²) in [5, 5.41) is 0. The van der Waals surface area contributed by atoms with Gasteiger partial charge in [0.05, 0.1) is 13.4 Å². The number of fused-ring (bicyclic) bond motifs is 1. The van der Waals surface area contributed by atoms with Crippen molar-refractivity contribution in [3.05, 3.63) is 18.5 Å². The van der Waals surface area contributed by atoms with Gasteiger partial charge in [-0.3, -0.25) is 0 Å². The molecule has 4 N–H and O–H groups in total. The number of hydrogen-bond donors (Lipinski definition) is 2. The topological polar surface area (TPSA) is 131 Å². The number of rotatable bonds is 6. The van der Waals surface area contributed by atoms with Gasteiger partial charge >= 0.3 is 8.25 Å². The Morgan fingerprint density at radius 2 is 2.25 bits per heavy atom. The third kappa shape index (κ3) is 3.08. The van der Waals surface area contributed by atoms with E-state index in [0.29, 0.717) is 23.3 Å². The van der Waals surface area contributed by atoms with Crippen LogP contribution in [-0.2, 0) is 20.2 Å². The largest absolute Gasteiger partial charge is 0.697 e. The molecule has 1 atom stereocenters. The predicted octanol–water partition coefficient (Wildman–Crippen LogP) is 0.867. The molecule has 0 fully saturated rings. The van der Waals surface area contributed by atoms with Crippen molar-refractivity contribution in [1.29, 1.82) is 0 Å². The molecule has 0 amide bonds. The second kappa shape index (κ2) is 5.91. The smallest absolute Gasteiger partial charge is 0.382 e. The average Bonchev–Trinajstić information content (AvgIpc) is 2.79. The molecule has 20 heavy (non-hydrogen) atoms. The summed E-state index contributed by atoms with van der Waals surface area (Å²) in [6, 6.07) is 0. The lowest BCUT2D eigenvalue weighted by atomic mass is 10.3. The van der Waals surface area contributed by atoms with Crippen LogP contribution in [0.25, 0.3) is 11.2 Å². The Bertz CT molecular complexity index is 670. The van der Waals surface area contributed by atoms with Crippen LogP contribution in [-0.4, -0.2) is 33.2 Å². The van der Waals surface area contributed by atoms with Crippen LogP contribution in [0.2, 0.25) is 0 Å². The molecule has 0 saturated carbocycles. The molecule has 0 aromatic carbocycles. The van der Waals surface area contributed by atoms with Crippen LogP contribution in [0.15, 0.2) is 18.5 Å². The number of nitrogens with two attached hydrogens (primary N) is 2. The molecule has 9 nitrogen and oxygen atoms in total. The third-order valence-electron chi connectivity index (χ3n) is 2.43. The van der Waals surface area contributed by atoms with E-state index < -0.39 is 8.25 Å². The van der Waals surface area contributed by atoms with Crippen molar-refractivity contribution in [3.8, 4) is 0 Å². The second-order valence-electron chi connectivity index (χ2n) is 3.94. The summed E-state index contributed by atoms with van der Waals surface area (Å²) >= 11 is 0. The first-order valence-corrected chi connectivity index (χ1v) is 6.65.